The van der Waals surface area contributed by atoms with Crippen molar-refractivity contribution < 1.29 is 13.2 Å². The molecule has 4 nitrogen and oxygen atoms in total. The van der Waals surface area contributed by atoms with Crippen molar-refractivity contribution in [2.75, 3.05) is 18.9 Å². The van der Waals surface area contributed by atoms with Crippen LogP contribution in [0.25, 0.3) is 0 Å². The number of rotatable bonds is 9. The van der Waals surface area contributed by atoms with Crippen molar-refractivity contribution in [1.82, 2.24) is 4.72 Å². The van der Waals surface area contributed by atoms with Gasteiger partial charge in [0.15, 0.2) is 0 Å². The average Bonchev–Trinajstić information content (AvgIpc) is 2.57. The van der Waals surface area contributed by atoms with Crippen LogP contribution in [0.4, 0.5) is 0 Å². The number of thioether (sulfide) groups is 1. The van der Waals surface area contributed by atoms with Crippen LogP contribution in [0.15, 0.2) is 47.4 Å². The van der Waals surface area contributed by atoms with Gasteiger partial charge in [0.05, 0.1) is 11.5 Å². The van der Waals surface area contributed by atoms with E-state index in [1.54, 1.807) is 36.0 Å². The van der Waals surface area contributed by atoms with Gasteiger partial charge < -0.3 is 4.74 Å². The van der Waals surface area contributed by atoms with E-state index >= 15 is 0 Å². The Morgan fingerprint density at radius 3 is 2.48 bits per heavy atom. The summed E-state index contributed by atoms with van der Waals surface area (Å²) in [5, 5.41) is 1.22. The second kappa shape index (κ2) is 9.69. The summed E-state index contributed by atoms with van der Waals surface area (Å²) < 4.78 is 32.4. The maximum absolute atomic E-state index is 12.2. The van der Waals surface area contributed by atoms with E-state index in [0.717, 1.165) is 5.56 Å². The maximum Gasteiger partial charge on any atom is 0.240 e. The number of hydrogen-bond acceptors (Lipinski definition) is 4. The number of hydrogen-bond donors (Lipinski definition) is 1. The molecule has 0 saturated heterocycles. The first-order chi connectivity index (χ1) is 11.9. The molecule has 0 bridgehead atoms. The van der Waals surface area contributed by atoms with Gasteiger partial charge in [0.1, 0.15) is 5.75 Å². The Balaban J connectivity index is 1.80. The smallest absolute Gasteiger partial charge is 0.240 e. The highest BCUT2D eigenvalue weighted by Gasteiger charge is 2.13. The quantitative estimate of drug-likeness (QED) is 0.603. The fourth-order valence-electron chi connectivity index (χ4n) is 2.03. The molecule has 0 radical (unpaired) electrons. The molecule has 0 heterocycles. The molecule has 0 saturated carbocycles. The van der Waals surface area contributed by atoms with Crippen molar-refractivity contribution in [1.29, 1.82) is 0 Å². The van der Waals surface area contributed by atoms with Gasteiger partial charge >= 0.3 is 0 Å². The van der Waals surface area contributed by atoms with Gasteiger partial charge in [-0.3, -0.25) is 0 Å². The molecule has 8 heteroatoms. The zero-order chi connectivity index (χ0) is 18.3. The summed E-state index contributed by atoms with van der Waals surface area (Å²) in [4.78, 5) is 0.224. The lowest BCUT2D eigenvalue weighted by Crippen LogP contribution is -2.26. The standard InChI is InChI=1S/C17H19Cl2NO3S2/c1-2-23-15-5-7-16(8-6-15)25(21,22)20-9-10-24-12-13-3-4-14(18)11-17(13)19/h3-8,11,20H,2,9-10,12H2,1H3. The molecular weight excluding hydrogens is 401 g/mol. The second-order valence-electron chi connectivity index (χ2n) is 5.09. The molecule has 0 amide bonds. The van der Waals surface area contributed by atoms with Crippen molar-refractivity contribution >= 4 is 45.0 Å². The number of benzene rings is 2. The summed E-state index contributed by atoms with van der Waals surface area (Å²) in [6.45, 7) is 2.76. The molecule has 2 aromatic carbocycles. The molecule has 1 N–H and O–H groups in total. The highest BCUT2D eigenvalue weighted by Crippen LogP contribution is 2.24. The normalized spacial score (nSPS) is 11.5. The van der Waals surface area contributed by atoms with Gasteiger partial charge in [0.25, 0.3) is 0 Å². The van der Waals surface area contributed by atoms with E-state index in [2.05, 4.69) is 4.72 Å². The fourth-order valence-corrected chi connectivity index (χ4v) is 4.61. The average molecular weight is 420 g/mol. The summed E-state index contributed by atoms with van der Waals surface area (Å²) in [5.74, 6) is 1.98. The number of halogens is 2. The van der Waals surface area contributed by atoms with E-state index in [0.29, 0.717) is 40.5 Å². The first-order valence-corrected chi connectivity index (χ1v) is 11.1. The Morgan fingerprint density at radius 1 is 1.12 bits per heavy atom. The topological polar surface area (TPSA) is 55.4 Å². The first-order valence-electron chi connectivity index (χ1n) is 7.66. The summed E-state index contributed by atoms with van der Waals surface area (Å²) in [7, 11) is -3.51. The second-order valence-corrected chi connectivity index (χ2v) is 8.81. The molecule has 2 rings (SSSR count). The molecular formula is C17H19Cl2NO3S2. The van der Waals surface area contributed by atoms with E-state index < -0.39 is 10.0 Å². The van der Waals surface area contributed by atoms with Gasteiger partial charge in [-0.15, -0.1) is 0 Å². The summed E-state index contributed by atoms with van der Waals surface area (Å²) >= 11 is 13.6. The Bertz CT molecular complexity index is 796. The minimum absolute atomic E-state index is 0.224. The number of sulfonamides is 1. The van der Waals surface area contributed by atoms with Crippen LogP contribution in [0.3, 0.4) is 0 Å². The van der Waals surface area contributed by atoms with Crippen LogP contribution >= 0.6 is 35.0 Å². The van der Waals surface area contributed by atoms with Crippen molar-refractivity contribution in [3.05, 3.63) is 58.1 Å². The predicted octanol–water partition coefficient (Wildman–Crippen LogP) is 4.60. The number of ether oxygens (including phenoxy) is 1. The monoisotopic (exact) mass is 419 g/mol. The Morgan fingerprint density at radius 2 is 1.84 bits per heavy atom. The maximum atomic E-state index is 12.2. The summed E-state index contributed by atoms with van der Waals surface area (Å²) in [6, 6.07) is 11.7. The SMILES string of the molecule is CCOc1ccc(S(=O)(=O)NCCSCc2ccc(Cl)cc2Cl)cc1. The fraction of sp³-hybridized carbons (Fsp3) is 0.294. The Kier molecular flexibility index (Phi) is 7.90. The highest BCUT2D eigenvalue weighted by atomic mass is 35.5. The lowest BCUT2D eigenvalue weighted by atomic mass is 10.2. The van der Waals surface area contributed by atoms with E-state index in [4.69, 9.17) is 27.9 Å². The van der Waals surface area contributed by atoms with Crippen LogP contribution in [0.1, 0.15) is 12.5 Å². The van der Waals surface area contributed by atoms with Gasteiger partial charge in [0, 0.05) is 28.1 Å². The van der Waals surface area contributed by atoms with Crippen LogP contribution in [0.5, 0.6) is 5.75 Å². The zero-order valence-electron chi connectivity index (χ0n) is 13.7. The number of nitrogens with one attached hydrogen (secondary N) is 1. The van der Waals surface area contributed by atoms with Crippen LogP contribution in [0.2, 0.25) is 10.0 Å². The molecule has 2 aromatic rings. The molecule has 0 unspecified atom stereocenters. The highest BCUT2D eigenvalue weighted by molar-refractivity contribution is 7.98. The van der Waals surface area contributed by atoms with E-state index in [9.17, 15) is 8.42 Å². The van der Waals surface area contributed by atoms with Crippen molar-refractivity contribution in [3.63, 3.8) is 0 Å². The molecule has 0 spiro atoms. The van der Waals surface area contributed by atoms with Crippen LogP contribution in [-0.2, 0) is 15.8 Å². The molecule has 0 fully saturated rings. The van der Waals surface area contributed by atoms with Gasteiger partial charge in [-0.2, -0.15) is 11.8 Å². The molecule has 25 heavy (non-hydrogen) atoms. The lowest BCUT2D eigenvalue weighted by molar-refractivity contribution is 0.340. The molecule has 136 valence electrons. The third kappa shape index (κ3) is 6.38. The van der Waals surface area contributed by atoms with Gasteiger partial charge in [-0.25, -0.2) is 13.1 Å². The third-order valence-corrected chi connectivity index (χ3v) is 6.33. The van der Waals surface area contributed by atoms with Crippen molar-refractivity contribution in [3.8, 4) is 5.75 Å². The Labute approximate surface area is 162 Å². The summed E-state index contributed by atoms with van der Waals surface area (Å²) in [6.07, 6.45) is 0. The lowest BCUT2D eigenvalue weighted by Gasteiger charge is -2.08. The van der Waals surface area contributed by atoms with E-state index in [1.807, 2.05) is 13.0 Å². The third-order valence-electron chi connectivity index (χ3n) is 3.26. The van der Waals surface area contributed by atoms with Gasteiger partial charge in [-0.05, 0) is 48.9 Å². The molecule has 0 aliphatic rings. The van der Waals surface area contributed by atoms with Crippen LogP contribution in [-0.4, -0.2) is 27.3 Å². The molecule has 0 aromatic heterocycles. The van der Waals surface area contributed by atoms with Crippen LogP contribution < -0.4 is 9.46 Å². The van der Waals surface area contributed by atoms with Gasteiger partial charge in [-0.1, -0.05) is 29.3 Å². The van der Waals surface area contributed by atoms with Crippen molar-refractivity contribution in [2.45, 2.75) is 17.6 Å². The van der Waals surface area contributed by atoms with Gasteiger partial charge in [0.2, 0.25) is 10.0 Å². The van der Waals surface area contributed by atoms with E-state index in [1.165, 1.54) is 12.1 Å². The minimum atomic E-state index is -3.51. The van der Waals surface area contributed by atoms with E-state index in [-0.39, 0.29) is 4.90 Å². The van der Waals surface area contributed by atoms with Crippen LogP contribution in [0, 0.1) is 0 Å². The molecule has 0 atom stereocenters. The van der Waals surface area contributed by atoms with Crippen molar-refractivity contribution in [2.24, 2.45) is 0 Å². The zero-order valence-corrected chi connectivity index (χ0v) is 16.8. The molecule has 0 aliphatic carbocycles. The Hall–Kier alpha value is -0.920. The minimum Gasteiger partial charge on any atom is -0.494 e. The molecule has 0 aliphatic heterocycles. The largest absolute Gasteiger partial charge is 0.494 e. The first kappa shape index (κ1) is 20.4. The summed E-state index contributed by atoms with van der Waals surface area (Å²) in [5.41, 5.74) is 0.977. The predicted molar refractivity (Wildman–Crippen MR) is 105 cm³/mol.